The minimum absolute atomic E-state index is 0.186. The minimum atomic E-state index is -0.220. The number of hydrogen-bond donors (Lipinski definition) is 1. The van der Waals surface area contributed by atoms with E-state index < -0.39 is 0 Å². The number of nitrogens with one attached hydrogen (secondary N) is 1. The van der Waals surface area contributed by atoms with Crippen molar-refractivity contribution in [1.82, 2.24) is 15.1 Å². The molecule has 0 aromatic heterocycles. The molecule has 4 nitrogen and oxygen atoms in total. The monoisotopic (exact) mass is 526 g/mol. The van der Waals surface area contributed by atoms with Crippen LogP contribution in [0.25, 0.3) is 0 Å². The molecule has 114 valence electrons. The molecule has 0 aromatic carbocycles. The van der Waals surface area contributed by atoms with E-state index in [0.29, 0.717) is 0 Å². The summed E-state index contributed by atoms with van der Waals surface area (Å²) >= 11 is 10.1. The van der Waals surface area contributed by atoms with Crippen LogP contribution < -0.4 is 5.32 Å². The summed E-state index contributed by atoms with van der Waals surface area (Å²) in [5.74, 6) is 0. The third kappa shape index (κ3) is 2.38. The van der Waals surface area contributed by atoms with Gasteiger partial charge >= 0.3 is 0 Å². The number of allylic oxidation sites excluding steroid dienone is 4. The predicted molar refractivity (Wildman–Crippen MR) is 101 cm³/mol. The van der Waals surface area contributed by atoms with Gasteiger partial charge in [0.05, 0.1) is 11.4 Å². The Labute approximate surface area is 155 Å². The first-order valence-electron chi connectivity index (χ1n) is 7.38. The highest BCUT2D eigenvalue weighted by atomic mass is 127. The van der Waals surface area contributed by atoms with Crippen molar-refractivity contribution in [2.75, 3.05) is 32.7 Å². The number of nitrogens with zero attached hydrogens (tertiary/aromatic N) is 3. The van der Waals surface area contributed by atoms with Gasteiger partial charge in [0.25, 0.3) is 0 Å². The molecular formula is C14H17Br2IN4. The van der Waals surface area contributed by atoms with Gasteiger partial charge < -0.3 is 10.2 Å². The molecule has 4 rings (SSSR count). The van der Waals surface area contributed by atoms with Gasteiger partial charge in [-0.05, 0) is 24.5 Å². The summed E-state index contributed by atoms with van der Waals surface area (Å²) in [5, 5.41) is 3.43. The van der Waals surface area contributed by atoms with Gasteiger partial charge in [0.2, 0.25) is 0 Å². The van der Waals surface area contributed by atoms with Crippen molar-refractivity contribution < 1.29 is 0 Å². The summed E-state index contributed by atoms with van der Waals surface area (Å²) in [7, 11) is 0. The fourth-order valence-electron chi connectivity index (χ4n) is 3.54. The van der Waals surface area contributed by atoms with Crippen molar-refractivity contribution in [3.63, 3.8) is 0 Å². The number of aliphatic imine (C=N–C) groups is 1. The molecule has 0 amide bonds. The van der Waals surface area contributed by atoms with Gasteiger partial charge in [-0.1, -0.05) is 54.5 Å². The molecule has 3 aliphatic heterocycles. The van der Waals surface area contributed by atoms with E-state index in [1.54, 1.807) is 0 Å². The molecule has 7 heteroatoms. The zero-order chi connectivity index (χ0) is 14.6. The highest BCUT2D eigenvalue weighted by molar-refractivity contribution is 14.1. The van der Waals surface area contributed by atoms with Gasteiger partial charge in [-0.3, -0.25) is 4.90 Å². The topological polar surface area (TPSA) is 30.9 Å². The van der Waals surface area contributed by atoms with E-state index in [1.165, 1.54) is 27.9 Å². The van der Waals surface area contributed by atoms with Crippen LogP contribution in [-0.4, -0.2) is 56.9 Å². The Morgan fingerprint density at radius 2 is 2.10 bits per heavy atom. The quantitative estimate of drug-likeness (QED) is 0.420. The van der Waals surface area contributed by atoms with E-state index in [0.717, 1.165) is 39.1 Å². The van der Waals surface area contributed by atoms with Crippen molar-refractivity contribution in [3.05, 3.63) is 21.8 Å². The highest BCUT2D eigenvalue weighted by Gasteiger charge is 2.48. The molecule has 1 fully saturated rings. The molecule has 2 atom stereocenters. The second kappa shape index (κ2) is 5.58. The van der Waals surface area contributed by atoms with Gasteiger partial charge in [0.15, 0.2) is 8.62 Å². The average molecular weight is 528 g/mol. The summed E-state index contributed by atoms with van der Waals surface area (Å²) in [4.78, 5) is 10.2. The predicted octanol–water partition coefficient (Wildman–Crippen LogP) is 2.80. The highest BCUT2D eigenvalue weighted by Crippen LogP contribution is 2.51. The van der Waals surface area contributed by atoms with Crippen molar-refractivity contribution in [2.45, 2.75) is 21.5 Å². The van der Waals surface area contributed by atoms with Crippen molar-refractivity contribution in [3.8, 4) is 0 Å². The van der Waals surface area contributed by atoms with Crippen LogP contribution in [0.5, 0.6) is 0 Å². The summed E-state index contributed by atoms with van der Waals surface area (Å²) in [6, 6.07) is 0. The summed E-state index contributed by atoms with van der Waals surface area (Å²) in [6.07, 6.45) is 4.86. The summed E-state index contributed by atoms with van der Waals surface area (Å²) in [6.45, 7) is 5.39. The fourth-order valence-corrected chi connectivity index (χ4v) is 4.96. The van der Waals surface area contributed by atoms with Crippen LogP contribution >= 0.6 is 54.5 Å². The van der Waals surface area contributed by atoms with Gasteiger partial charge in [-0.15, -0.1) is 0 Å². The molecule has 0 aromatic rings. The maximum Gasteiger partial charge on any atom is 0.179 e. The molecule has 3 heterocycles. The number of piperazine rings is 1. The van der Waals surface area contributed by atoms with Crippen LogP contribution in [-0.2, 0) is 0 Å². The Kier molecular flexibility index (Phi) is 4.01. The van der Waals surface area contributed by atoms with E-state index in [1.807, 2.05) is 0 Å². The van der Waals surface area contributed by atoms with E-state index in [9.17, 15) is 0 Å². The minimum Gasteiger partial charge on any atom is -0.335 e. The summed E-state index contributed by atoms with van der Waals surface area (Å²) < 4.78 is 0.957. The summed E-state index contributed by atoms with van der Waals surface area (Å²) in [5.41, 5.74) is 4.01. The third-order valence-electron chi connectivity index (χ3n) is 4.56. The molecule has 2 unspecified atom stereocenters. The Hall–Kier alpha value is 0.560. The zero-order valence-electron chi connectivity index (χ0n) is 11.6. The Morgan fingerprint density at radius 1 is 1.33 bits per heavy atom. The van der Waals surface area contributed by atoms with Gasteiger partial charge in [-0.2, -0.15) is 0 Å². The Bertz CT molecular complexity index is 563. The lowest BCUT2D eigenvalue weighted by Gasteiger charge is -2.40. The molecular weight excluding hydrogens is 511 g/mol. The first-order chi connectivity index (χ1) is 10.1. The lowest BCUT2D eigenvalue weighted by Crippen LogP contribution is -2.53. The maximum absolute atomic E-state index is 5.14. The molecule has 0 bridgehead atoms. The number of hydrogen-bond acceptors (Lipinski definition) is 4. The number of halogens is 3. The first-order valence-corrected chi connectivity index (χ1v) is 10.0. The maximum atomic E-state index is 5.14. The van der Waals surface area contributed by atoms with Gasteiger partial charge in [0.1, 0.15) is 0 Å². The molecule has 1 aliphatic carbocycles. The molecule has 1 N–H and O–H groups in total. The molecule has 0 saturated carbocycles. The fraction of sp³-hybridized carbons (Fsp3) is 0.643. The number of alkyl halides is 2. The van der Waals surface area contributed by atoms with Crippen LogP contribution in [0.3, 0.4) is 0 Å². The van der Waals surface area contributed by atoms with Crippen molar-refractivity contribution in [1.29, 1.82) is 0 Å². The SMILES string of the molecule is BrC1=CC2=C3C(=NC(N4CCNCC4)N3CCC2)C1(Br)I. The Balaban J connectivity index is 1.76. The molecule has 4 aliphatic rings. The van der Waals surface area contributed by atoms with Crippen LogP contribution in [0.2, 0.25) is 0 Å². The van der Waals surface area contributed by atoms with E-state index in [2.05, 4.69) is 75.6 Å². The standard InChI is InChI=1S/C14H17Br2IN4/c15-10-8-9-2-1-5-21-11(9)12(14(10,16)17)19-13(21)20-6-3-18-4-7-20/h8,13,18H,1-7H2. The molecule has 0 spiro atoms. The van der Waals surface area contributed by atoms with Crippen LogP contribution in [0.15, 0.2) is 26.8 Å². The first kappa shape index (κ1) is 15.1. The number of rotatable bonds is 1. The van der Waals surface area contributed by atoms with E-state index in [-0.39, 0.29) is 8.62 Å². The van der Waals surface area contributed by atoms with Gasteiger partial charge in [-0.25, -0.2) is 4.99 Å². The van der Waals surface area contributed by atoms with Gasteiger partial charge in [0, 0.05) is 37.2 Å². The molecule has 21 heavy (non-hydrogen) atoms. The second-order valence-corrected chi connectivity index (χ2v) is 11.0. The van der Waals surface area contributed by atoms with Crippen molar-refractivity contribution >= 4 is 60.2 Å². The van der Waals surface area contributed by atoms with E-state index in [4.69, 9.17) is 4.99 Å². The lowest BCUT2D eigenvalue weighted by atomic mass is 9.94. The zero-order valence-corrected chi connectivity index (χ0v) is 16.9. The van der Waals surface area contributed by atoms with E-state index >= 15 is 0 Å². The largest absolute Gasteiger partial charge is 0.335 e. The van der Waals surface area contributed by atoms with Crippen LogP contribution in [0.1, 0.15) is 12.8 Å². The van der Waals surface area contributed by atoms with Crippen molar-refractivity contribution in [2.24, 2.45) is 4.99 Å². The molecule has 0 radical (unpaired) electrons. The second-order valence-electron chi connectivity index (χ2n) is 5.85. The Morgan fingerprint density at radius 3 is 2.86 bits per heavy atom. The lowest BCUT2D eigenvalue weighted by molar-refractivity contribution is 0.0715. The third-order valence-corrected chi connectivity index (χ3v) is 8.55. The normalized spacial score (nSPS) is 36.5. The van der Waals surface area contributed by atoms with Crippen LogP contribution in [0.4, 0.5) is 0 Å². The van der Waals surface area contributed by atoms with Crippen LogP contribution in [0, 0.1) is 0 Å². The smallest absolute Gasteiger partial charge is 0.179 e. The molecule has 1 saturated heterocycles. The average Bonchev–Trinajstić information content (AvgIpc) is 2.88.